The number of benzene rings is 1. The molecule has 1 aromatic rings. The van der Waals surface area contributed by atoms with E-state index in [1.54, 1.807) is 12.1 Å². The summed E-state index contributed by atoms with van der Waals surface area (Å²) in [6.07, 6.45) is 5.36. The second-order valence-corrected chi connectivity index (χ2v) is 4.83. The van der Waals surface area contributed by atoms with Crippen molar-refractivity contribution in [1.29, 1.82) is 0 Å². The van der Waals surface area contributed by atoms with Crippen LogP contribution in [-0.2, 0) is 4.79 Å². The molecule has 0 saturated heterocycles. The largest absolute Gasteiger partial charge is 0.481 e. The lowest BCUT2D eigenvalue weighted by Crippen LogP contribution is -2.15. The highest BCUT2D eigenvalue weighted by molar-refractivity contribution is 5.76. The average Bonchev–Trinajstić information content (AvgIpc) is 2.80. The van der Waals surface area contributed by atoms with Crippen molar-refractivity contribution >= 4 is 5.97 Å². The van der Waals surface area contributed by atoms with Crippen LogP contribution in [0.3, 0.4) is 0 Å². The van der Waals surface area contributed by atoms with E-state index in [4.69, 9.17) is 0 Å². The van der Waals surface area contributed by atoms with Gasteiger partial charge >= 0.3 is 5.97 Å². The molecule has 17 heavy (non-hydrogen) atoms. The van der Waals surface area contributed by atoms with Crippen LogP contribution in [-0.4, -0.2) is 11.1 Å². The standard InChI is InChI=1S/C14H17FO2/c15-12-7-5-11(6-8-12)13(14(16)17)9-10-3-1-2-4-10/h5-8,10,13H,1-4,9H2,(H,16,17). The maximum atomic E-state index is 12.8. The third kappa shape index (κ3) is 3.05. The highest BCUT2D eigenvalue weighted by atomic mass is 19.1. The summed E-state index contributed by atoms with van der Waals surface area (Å²) < 4.78 is 12.8. The predicted molar refractivity (Wildman–Crippen MR) is 63.4 cm³/mol. The molecule has 0 amide bonds. The van der Waals surface area contributed by atoms with Gasteiger partial charge in [-0.3, -0.25) is 4.79 Å². The van der Waals surface area contributed by atoms with E-state index in [9.17, 15) is 14.3 Å². The first kappa shape index (κ1) is 12.1. The topological polar surface area (TPSA) is 37.3 Å². The molecule has 0 bridgehead atoms. The third-order valence-electron chi connectivity index (χ3n) is 3.61. The molecule has 1 aliphatic carbocycles. The zero-order valence-corrected chi connectivity index (χ0v) is 9.73. The van der Waals surface area contributed by atoms with Gasteiger partial charge in [-0.2, -0.15) is 0 Å². The van der Waals surface area contributed by atoms with Crippen molar-refractivity contribution in [1.82, 2.24) is 0 Å². The van der Waals surface area contributed by atoms with Crippen LogP contribution >= 0.6 is 0 Å². The Labute approximate surface area is 100 Å². The minimum Gasteiger partial charge on any atom is -0.481 e. The van der Waals surface area contributed by atoms with Gasteiger partial charge in [-0.25, -0.2) is 4.39 Å². The van der Waals surface area contributed by atoms with Gasteiger partial charge in [0.2, 0.25) is 0 Å². The Hall–Kier alpha value is -1.38. The fourth-order valence-corrected chi connectivity index (χ4v) is 2.65. The van der Waals surface area contributed by atoms with Crippen LogP contribution < -0.4 is 0 Å². The fraction of sp³-hybridized carbons (Fsp3) is 0.500. The monoisotopic (exact) mass is 236 g/mol. The highest BCUT2D eigenvalue weighted by Gasteiger charge is 2.26. The molecule has 1 aliphatic rings. The van der Waals surface area contributed by atoms with E-state index in [1.807, 2.05) is 0 Å². The number of carboxylic acid groups (broad SMARTS) is 1. The Bertz CT molecular complexity index is 380. The minimum absolute atomic E-state index is 0.321. The number of halogens is 1. The maximum absolute atomic E-state index is 12.8. The molecule has 2 rings (SSSR count). The Balaban J connectivity index is 2.10. The van der Waals surface area contributed by atoms with Crippen LogP contribution in [0.2, 0.25) is 0 Å². The molecule has 1 aromatic carbocycles. The fourth-order valence-electron chi connectivity index (χ4n) is 2.65. The van der Waals surface area contributed by atoms with Gasteiger partial charge in [0.1, 0.15) is 5.82 Å². The summed E-state index contributed by atoms with van der Waals surface area (Å²) in [5.41, 5.74) is 0.714. The van der Waals surface area contributed by atoms with Crippen LogP contribution in [0.1, 0.15) is 43.6 Å². The number of rotatable bonds is 4. The average molecular weight is 236 g/mol. The number of carboxylic acids is 1. The molecular formula is C14H17FO2. The van der Waals surface area contributed by atoms with E-state index >= 15 is 0 Å². The molecule has 3 heteroatoms. The molecule has 0 heterocycles. The van der Waals surface area contributed by atoms with Gasteiger partial charge in [-0.05, 0) is 30.0 Å². The second-order valence-electron chi connectivity index (χ2n) is 4.83. The Morgan fingerprint density at radius 3 is 2.41 bits per heavy atom. The molecule has 0 aliphatic heterocycles. The molecule has 0 aromatic heterocycles. The third-order valence-corrected chi connectivity index (χ3v) is 3.61. The molecule has 2 nitrogen and oxygen atoms in total. The smallest absolute Gasteiger partial charge is 0.310 e. The number of carbonyl (C=O) groups is 1. The Morgan fingerprint density at radius 2 is 1.88 bits per heavy atom. The van der Waals surface area contributed by atoms with Gasteiger partial charge in [0.15, 0.2) is 0 Å². The summed E-state index contributed by atoms with van der Waals surface area (Å²) in [5.74, 6) is -1.10. The van der Waals surface area contributed by atoms with Crippen LogP contribution in [0, 0.1) is 11.7 Å². The van der Waals surface area contributed by atoms with Gasteiger partial charge < -0.3 is 5.11 Å². The quantitative estimate of drug-likeness (QED) is 0.867. The van der Waals surface area contributed by atoms with Gasteiger partial charge in [0.05, 0.1) is 5.92 Å². The van der Waals surface area contributed by atoms with Crippen molar-refractivity contribution in [3.05, 3.63) is 35.6 Å². The lowest BCUT2D eigenvalue weighted by Gasteiger charge is -2.17. The van der Waals surface area contributed by atoms with Crippen LogP contribution in [0.25, 0.3) is 0 Å². The number of hydrogen-bond acceptors (Lipinski definition) is 1. The highest BCUT2D eigenvalue weighted by Crippen LogP contribution is 2.34. The van der Waals surface area contributed by atoms with E-state index in [-0.39, 0.29) is 5.82 Å². The molecule has 1 saturated carbocycles. The second kappa shape index (κ2) is 5.30. The van der Waals surface area contributed by atoms with Crippen molar-refractivity contribution in [2.24, 2.45) is 5.92 Å². The summed E-state index contributed by atoms with van der Waals surface area (Å²) in [6.45, 7) is 0. The van der Waals surface area contributed by atoms with E-state index in [1.165, 1.54) is 25.0 Å². The van der Waals surface area contributed by atoms with Crippen molar-refractivity contribution in [3.63, 3.8) is 0 Å². The zero-order valence-electron chi connectivity index (χ0n) is 9.73. The van der Waals surface area contributed by atoms with Crippen LogP contribution in [0.5, 0.6) is 0 Å². The van der Waals surface area contributed by atoms with E-state index in [0.29, 0.717) is 17.9 Å². The van der Waals surface area contributed by atoms with Crippen LogP contribution in [0.15, 0.2) is 24.3 Å². The molecule has 1 atom stereocenters. The van der Waals surface area contributed by atoms with E-state index in [0.717, 1.165) is 12.8 Å². The lowest BCUT2D eigenvalue weighted by molar-refractivity contribution is -0.139. The molecule has 1 fully saturated rings. The predicted octanol–water partition coefficient (Wildman–Crippen LogP) is 3.57. The zero-order chi connectivity index (χ0) is 12.3. The normalized spacial score (nSPS) is 18.2. The number of aliphatic carboxylic acids is 1. The molecular weight excluding hydrogens is 219 g/mol. The van der Waals surface area contributed by atoms with Crippen LogP contribution in [0.4, 0.5) is 4.39 Å². The summed E-state index contributed by atoms with van der Waals surface area (Å²) in [5, 5.41) is 9.26. The maximum Gasteiger partial charge on any atom is 0.310 e. The van der Waals surface area contributed by atoms with Gasteiger partial charge in [0, 0.05) is 0 Å². The van der Waals surface area contributed by atoms with Crippen molar-refractivity contribution in [2.45, 2.75) is 38.0 Å². The molecule has 0 radical (unpaired) electrons. The van der Waals surface area contributed by atoms with Gasteiger partial charge in [-0.15, -0.1) is 0 Å². The van der Waals surface area contributed by atoms with Crippen molar-refractivity contribution < 1.29 is 14.3 Å². The van der Waals surface area contributed by atoms with Gasteiger partial charge in [-0.1, -0.05) is 37.8 Å². The minimum atomic E-state index is -0.802. The lowest BCUT2D eigenvalue weighted by atomic mass is 9.88. The van der Waals surface area contributed by atoms with E-state index < -0.39 is 11.9 Å². The summed E-state index contributed by atoms with van der Waals surface area (Å²) in [4.78, 5) is 11.3. The number of hydrogen-bond donors (Lipinski definition) is 1. The summed E-state index contributed by atoms with van der Waals surface area (Å²) in [6, 6.07) is 5.84. The summed E-state index contributed by atoms with van der Waals surface area (Å²) >= 11 is 0. The molecule has 1 N–H and O–H groups in total. The Kier molecular flexibility index (Phi) is 3.77. The SMILES string of the molecule is O=C(O)C(CC1CCCC1)c1ccc(F)cc1. The molecule has 0 spiro atoms. The molecule has 92 valence electrons. The molecule has 1 unspecified atom stereocenters. The first-order valence-corrected chi connectivity index (χ1v) is 6.15. The summed E-state index contributed by atoms with van der Waals surface area (Å²) in [7, 11) is 0. The Morgan fingerprint density at radius 1 is 1.29 bits per heavy atom. The van der Waals surface area contributed by atoms with E-state index in [2.05, 4.69) is 0 Å². The van der Waals surface area contributed by atoms with Crippen molar-refractivity contribution in [3.8, 4) is 0 Å². The first-order valence-electron chi connectivity index (χ1n) is 6.15. The van der Waals surface area contributed by atoms with Crippen molar-refractivity contribution in [2.75, 3.05) is 0 Å². The van der Waals surface area contributed by atoms with Gasteiger partial charge in [0.25, 0.3) is 0 Å². The first-order chi connectivity index (χ1) is 8.16.